The molecule has 7 heteroatoms. The highest BCUT2D eigenvalue weighted by molar-refractivity contribution is 7.91. The highest BCUT2D eigenvalue weighted by atomic mass is 35.5. The topological polar surface area (TPSA) is 98.5 Å². The Morgan fingerprint density at radius 3 is 2.68 bits per heavy atom. The molecule has 1 aromatic carbocycles. The Labute approximate surface area is 118 Å². The molecule has 0 fully saturated rings. The maximum atomic E-state index is 12.2. The molecule has 0 aliphatic rings. The molecule has 4 N–H and O–H groups in total. The molecule has 0 saturated carbocycles. The standard InChI is InChI=1S/C12H18ClN3O2S/c1-3-8(2)11(14)12(17)16-19(15,18)10-6-4-5-9(13)7-10/h4-8,11H,3,14H2,1-2H3,(H2,15,16,17,18)/t8-,11-,19?/m0/s1. The second-order valence-corrected chi connectivity index (χ2v) is 6.59. The second-order valence-electron chi connectivity index (χ2n) is 4.37. The van der Waals surface area contributed by atoms with Crippen LogP contribution in [0.25, 0.3) is 0 Å². The van der Waals surface area contributed by atoms with Crippen LogP contribution >= 0.6 is 11.6 Å². The number of carbonyl (C=O) groups is 1. The molecular formula is C12H18ClN3O2S. The van der Waals surface area contributed by atoms with Crippen LogP contribution in [0.3, 0.4) is 0 Å². The largest absolute Gasteiger partial charge is 0.320 e. The molecule has 0 radical (unpaired) electrons. The molecule has 0 spiro atoms. The molecule has 19 heavy (non-hydrogen) atoms. The number of nitrogens with two attached hydrogens (primary N) is 2. The third-order valence-electron chi connectivity index (χ3n) is 2.90. The van der Waals surface area contributed by atoms with E-state index in [1.165, 1.54) is 12.1 Å². The number of rotatable bonds is 4. The third kappa shape index (κ3) is 4.28. The van der Waals surface area contributed by atoms with Crippen molar-refractivity contribution in [2.24, 2.45) is 21.2 Å². The first kappa shape index (κ1) is 16.1. The highest BCUT2D eigenvalue weighted by Gasteiger charge is 2.21. The van der Waals surface area contributed by atoms with Gasteiger partial charge in [-0.1, -0.05) is 37.9 Å². The summed E-state index contributed by atoms with van der Waals surface area (Å²) in [6, 6.07) is 5.36. The second kappa shape index (κ2) is 6.47. The molecule has 0 aliphatic carbocycles. The first-order valence-electron chi connectivity index (χ1n) is 5.88. The van der Waals surface area contributed by atoms with Crippen LogP contribution < -0.4 is 10.9 Å². The van der Waals surface area contributed by atoms with Gasteiger partial charge in [-0.3, -0.25) is 4.79 Å². The number of amides is 1. The SMILES string of the molecule is CC[C@H](C)[C@H](N)C(=O)N=S(N)(=O)c1cccc(Cl)c1. The molecule has 3 atom stereocenters. The fourth-order valence-corrected chi connectivity index (χ4v) is 2.71. The fourth-order valence-electron chi connectivity index (χ4n) is 1.39. The summed E-state index contributed by atoms with van der Waals surface area (Å²) in [5, 5.41) is 5.99. The van der Waals surface area contributed by atoms with Gasteiger partial charge >= 0.3 is 0 Å². The van der Waals surface area contributed by atoms with E-state index in [9.17, 15) is 9.00 Å². The average Bonchev–Trinajstić information content (AvgIpc) is 2.36. The van der Waals surface area contributed by atoms with Gasteiger partial charge in [0, 0.05) is 5.02 Å². The number of nitrogens with zero attached hydrogens (tertiary/aromatic N) is 1. The lowest BCUT2D eigenvalue weighted by molar-refractivity contribution is -0.119. The van der Waals surface area contributed by atoms with Gasteiger partial charge in [0.15, 0.2) is 0 Å². The van der Waals surface area contributed by atoms with Gasteiger partial charge in [0.1, 0.15) is 9.92 Å². The van der Waals surface area contributed by atoms with Crippen molar-refractivity contribution in [1.29, 1.82) is 0 Å². The van der Waals surface area contributed by atoms with E-state index in [0.29, 0.717) is 5.02 Å². The lowest BCUT2D eigenvalue weighted by atomic mass is 10.00. The van der Waals surface area contributed by atoms with Gasteiger partial charge in [-0.25, -0.2) is 9.35 Å². The predicted molar refractivity (Wildman–Crippen MR) is 76.9 cm³/mol. The van der Waals surface area contributed by atoms with Crippen molar-refractivity contribution >= 4 is 27.4 Å². The Hall–Kier alpha value is -0.950. The molecule has 1 unspecified atom stereocenters. The molecule has 106 valence electrons. The fraction of sp³-hybridized carbons (Fsp3) is 0.417. The van der Waals surface area contributed by atoms with E-state index in [1.807, 2.05) is 13.8 Å². The van der Waals surface area contributed by atoms with Crippen LogP contribution in [0.1, 0.15) is 20.3 Å². The average molecular weight is 304 g/mol. The van der Waals surface area contributed by atoms with E-state index in [4.69, 9.17) is 22.5 Å². The van der Waals surface area contributed by atoms with Crippen molar-refractivity contribution in [1.82, 2.24) is 0 Å². The van der Waals surface area contributed by atoms with E-state index in [-0.39, 0.29) is 10.8 Å². The maximum absolute atomic E-state index is 12.2. The predicted octanol–water partition coefficient (Wildman–Crippen LogP) is 1.94. The summed E-state index contributed by atoms with van der Waals surface area (Å²) in [6.07, 6.45) is 0.728. The van der Waals surface area contributed by atoms with Crippen molar-refractivity contribution in [3.63, 3.8) is 0 Å². The molecule has 1 amide bonds. The van der Waals surface area contributed by atoms with E-state index in [1.54, 1.807) is 12.1 Å². The van der Waals surface area contributed by atoms with E-state index in [0.717, 1.165) is 6.42 Å². The Kier molecular flexibility index (Phi) is 5.49. The van der Waals surface area contributed by atoms with Crippen LogP contribution in [0.5, 0.6) is 0 Å². The Morgan fingerprint density at radius 1 is 1.53 bits per heavy atom. The number of halogens is 1. The first-order valence-corrected chi connectivity index (χ1v) is 7.83. The van der Waals surface area contributed by atoms with Gasteiger partial charge in [-0.2, -0.15) is 0 Å². The van der Waals surface area contributed by atoms with Crippen LogP contribution in [0.15, 0.2) is 33.5 Å². The van der Waals surface area contributed by atoms with Gasteiger partial charge < -0.3 is 5.73 Å². The molecule has 5 nitrogen and oxygen atoms in total. The zero-order valence-electron chi connectivity index (χ0n) is 10.9. The van der Waals surface area contributed by atoms with Gasteiger partial charge in [0.05, 0.1) is 10.9 Å². The van der Waals surface area contributed by atoms with E-state index in [2.05, 4.69) is 4.36 Å². The Morgan fingerprint density at radius 2 is 2.16 bits per heavy atom. The maximum Gasteiger partial charge on any atom is 0.272 e. The first-order chi connectivity index (χ1) is 8.77. The summed E-state index contributed by atoms with van der Waals surface area (Å²) in [6.45, 7) is 3.74. The Balaban J connectivity index is 3.09. The van der Waals surface area contributed by atoms with E-state index < -0.39 is 21.9 Å². The zero-order valence-corrected chi connectivity index (χ0v) is 12.4. The zero-order chi connectivity index (χ0) is 14.6. The number of hydrogen-bond acceptors (Lipinski definition) is 3. The molecular weight excluding hydrogens is 286 g/mol. The normalized spacial score (nSPS) is 17.3. The molecule has 1 rings (SSSR count). The summed E-state index contributed by atoms with van der Waals surface area (Å²) in [4.78, 5) is 12.0. The van der Waals surface area contributed by atoms with Crippen LogP contribution in [-0.2, 0) is 14.7 Å². The molecule has 0 bridgehead atoms. The van der Waals surface area contributed by atoms with Crippen LogP contribution in [0.2, 0.25) is 5.02 Å². The lowest BCUT2D eigenvalue weighted by Gasteiger charge is -2.14. The van der Waals surface area contributed by atoms with Crippen molar-refractivity contribution in [3.05, 3.63) is 29.3 Å². The number of benzene rings is 1. The van der Waals surface area contributed by atoms with Gasteiger partial charge in [0.2, 0.25) is 0 Å². The van der Waals surface area contributed by atoms with Gasteiger partial charge in [0.25, 0.3) is 5.91 Å². The van der Waals surface area contributed by atoms with Gasteiger partial charge in [-0.05, 0) is 24.1 Å². The van der Waals surface area contributed by atoms with Crippen molar-refractivity contribution < 1.29 is 9.00 Å². The summed E-state index contributed by atoms with van der Waals surface area (Å²) in [5.41, 5.74) is 5.74. The summed E-state index contributed by atoms with van der Waals surface area (Å²) in [7, 11) is -3.31. The molecule has 1 aromatic rings. The van der Waals surface area contributed by atoms with Crippen LogP contribution in [0, 0.1) is 5.92 Å². The number of hydrogen-bond donors (Lipinski definition) is 2. The van der Waals surface area contributed by atoms with Gasteiger partial charge in [-0.15, -0.1) is 4.36 Å². The monoisotopic (exact) mass is 303 g/mol. The minimum absolute atomic E-state index is 0.0502. The van der Waals surface area contributed by atoms with Crippen molar-refractivity contribution in [2.45, 2.75) is 31.2 Å². The van der Waals surface area contributed by atoms with Crippen LogP contribution in [-0.4, -0.2) is 16.2 Å². The Bertz CT molecular complexity index is 582. The summed E-state index contributed by atoms with van der Waals surface area (Å²) >= 11 is 5.79. The molecule has 0 aromatic heterocycles. The minimum atomic E-state index is -3.31. The highest BCUT2D eigenvalue weighted by Crippen LogP contribution is 2.16. The van der Waals surface area contributed by atoms with E-state index >= 15 is 0 Å². The quantitative estimate of drug-likeness (QED) is 0.889. The number of carbonyl (C=O) groups excluding carboxylic acids is 1. The molecule has 0 aliphatic heterocycles. The van der Waals surface area contributed by atoms with Crippen molar-refractivity contribution in [3.8, 4) is 0 Å². The third-order valence-corrected chi connectivity index (χ3v) is 4.52. The molecule has 0 heterocycles. The lowest BCUT2D eigenvalue weighted by Crippen LogP contribution is -2.36. The smallest absolute Gasteiger partial charge is 0.272 e. The van der Waals surface area contributed by atoms with Crippen molar-refractivity contribution in [2.75, 3.05) is 0 Å². The van der Waals surface area contributed by atoms with Crippen LogP contribution in [0.4, 0.5) is 0 Å². The summed E-state index contributed by atoms with van der Waals surface area (Å²) in [5.74, 6) is -0.701. The minimum Gasteiger partial charge on any atom is -0.320 e. The summed E-state index contributed by atoms with van der Waals surface area (Å²) < 4.78 is 15.8. The molecule has 0 saturated heterocycles.